The molecule has 0 saturated heterocycles. The fourth-order valence-corrected chi connectivity index (χ4v) is 5.19. The van der Waals surface area contributed by atoms with Crippen LogP contribution in [0, 0.1) is 0 Å². The van der Waals surface area contributed by atoms with Gasteiger partial charge in [-0.2, -0.15) is 0 Å². The number of carbonyl (C=O) groups is 3. The molecule has 0 bridgehead atoms. The van der Waals surface area contributed by atoms with Crippen LogP contribution in [0.4, 0.5) is 4.79 Å². The number of thioether (sulfide) groups is 1. The molecule has 0 fully saturated rings. The Balaban J connectivity index is 1.98. The minimum Gasteiger partial charge on any atom is -0.450 e. The second kappa shape index (κ2) is 8.55. The van der Waals surface area contributed by atoms with Crippen LogP contribution < -0.4 is 11.1 Å². The van der Waals surface area contributed by atoms with Crippen LogP contribution >= 0.6 is 23.4 Å². The molecule has 1 atom stereocenters. The summed E-state index contributed by atoms with van der Waals surface area (Å²) in [5, 5.41) is 3.18. The third-order valence-corrected chi connectivity index (χ3v) is 6.48. The highest BCUT2D eigenvalue weighted by molar-refractivity contribution is 8.03. The average Bonchev–Trinajstić information content (AvgIpc) is 3.06. The molecular weight excluding hydrogens is 402 g/mol. The molecule has 0 aromatic heterocycles. The SMILES string of the molecule is CCOC(=O)N1CCC2=C(C1)SCC2(NC(=O)CN)C(=O)c1ccccc1Cl. The van der Waals surface area contributed by atoms with E-state index in [1.165, 1.54) is 11.8 Å². The summed E-state index contributed by atoms with van der Waals surface area (Å²) in [6.45, 7) is 2.60. The van der Waals surface area contributed by atoms with E-state index in [9.17, 15) is 14.4 Å². The van der Waals surface area contributed by atoms with Gasteiger partial charge in [-0.25, -0.2) is 4.79 Å². The van der Waals surface area contributed by atoms with Crippen LogP contribution in [0.2, 0.25) is 5.02 Å². The van der Waals surface area contributed by atoms with Crippen molar-refractivity contribution in [1.82, 2.24) is 10.2 Å². The van der Waals surface area contributed by atoms with Crippen LogP contribution in [0.15, 0.2) is 34.7 Å². The van der Waals surface area contributed by atoms with Crippen molar-refractivity contribution >= 4 is 41.1 Å². The van der Waals surface area contributed by atoms with E-state index in [0.717, 1.165) is 10.5 Å². The summed E-state index contributed by atoms with van der Waals surface area (Å²) >= 11 is 7.72. The molecule has 0 radical (unpaired) electrons. The first kappa shape index (κ1) is 20.7. The lowest BCUT2D eigenvalue weighted by atomic mass is 9.80. The second-order valence-electron chi connectivity index (χ2n) is 6.53. The van der Waals surface area contributed by atoms with Crippen LogP contribution in [0.5, 0.6) is 0 Å². The maximum Gasteiger partial charge on any atom is 0.410 e. The zero-order valence-corrected chi connectivity index (χ0v) is 17.1. The van der Waals surface area contributed by atoms with Gasteiger partial charge in [0, 0.05) is 22.8 Å². The van der Waals surface area contributed by atoms with E-state index < -0.39 is 11.4 Å². The molecule has 0 aliphatic carbocycles. The summed E-state index contributed by atoms with van der Waals surface area (Å²) in [5.41, 5.74) is 5.47. The van der Waals surface area contributed by atoms with Gasteiger partial charge in [0.15, 0.2) is 5.78 Å². The molecule has 0 saturated carbocycles. The molecule has 1 aromatic carbocycles. The van der Waals surface area contributed by atoms with Crippen LogP contribution in [-0.4, -0.2) is 60.2 Å². The number of nitrogens with one attached hydrogen (secondary N) is 1. The molecule has 2 aliphatic heterocycles. The highest BCUT2D eigenvalue weighted by atomic mass is 35.5. The van der Waals surface area contributed by atoms with Gasteiger partial charge in [-0.3, -0.25) is 9.59 Å². The van der Waals surface area contributed by atoms with E-state index >= 15 is 0 Å². The first-order chi connectivity index (χ1) is 13.4. The van der Waals surface area contributed by atoms with E-state index in [0.29, 0.717) is 42.5 Å². The number of benzene rings is 1. The Kier molecular flexibility index (Phi) is 6.32. The Bertz CT molecular complexity index is 844. The van der Waals surface area contributed by atoms with Gasteiger partial charge in [-0.15, -0.1) is 11.8 Å². The van der Waals surface area contributed by atoms with E-state index in [1.807, 2.05) is 0 Å². The lowest BCUT2D eigenvalue weighted by molar-refractivity contribution is -0.120. The Morgan fingerprint density at radius 2 is 2.11 bits per heavy atom. The summed E-state index contributed by atoms with van der Waals surface area (Å²) in [7, 11) is 0. The topological polar surface area (TPSA) is 102 Å². The van der Waals surface area contributed by atoms with Crippen molar-refractivity contribution in [1.29, 1.82) is 0 Å². The number of rotatable bonds is 5. The lowest BCUT2D eigenvalue weighted by Gasteiger charge is -2.35. The highest BCUT2D eigenvalue weighted by Gasteiger charge is 2.50. The third-order valence-electron chi connectivity index (χ3n) is 4.85. The van der Waals surface area contributed by atoms with Gasteiger partial charge in [-0.05, 0) is 31.1 Å². The second-order valence-corrected chi connectivity index (χ2v) is 8.00. The zero-order valence-electron chi connectivity index (χ0n) is 15.5. The number of hydrogen-bond donors (Lipinski definition) is 2. The predicted octanol–water partition coefficient (Wildman–Crippen LogP) is 2.20. The van der Waals surface area contributed by atoms with Gasteiger partial charge >= 0.3 is 6.09 Å². The first-order valence-electron chi connectivity index (χ1n) is 9.00. The van der Waals surface area contributed by atoms with E-state index in [1.54, 1.807) is 36.1 Å². The van der Waals surface area contributed by atoms with Crippen LogP contribution in [-0.2, 0) is 9.53 Å². The molecule has 150 valence electrons. The lowest BCUT2D eigenvalue weighted by Crippen LogP contribution is -2.58. The van der Waals surface area contributed by atoms with E-state index in [4.69, 9.17) is 22.1 Å². The van der Waals surface area contributed by atoms with Crippen LogP contribution in [0.25, 0.3) is 0 Å². The third kappa shape index (κ3) is 3.76. The molecule has 1 unspecified atom stereocenters. The number of carbonyl (C=O) groups excluding carboxylic acids is 3. The molecule has 9 heteroatoms. The number of ketones is 1. The number of nitrogens with two attached hydrogens (primary N) is 1. The van der Waals surface area contributed by atoms with Gasteiger partial charge in [0.25, 0.3) is 0 Å². The molecule has 3 N–H and O–H groups in total. The van der Waals surface area contributed by atoms with Gasteiger partial charge in [-0.1, -0.05) is 23.7 Å². The Labute approximate surface area is 172 Å². The maximum atomic E-state index is 13.5. The molecule has 1 aromatic rings. The molecule has 7 nitrogen and oxygen atoms in total. The molecular formula is C19H22ClN3O4S. The predicted molar refractivity (Wildman–Crippen MR) is 108 cm³/mol. The van der Waals surface area contributed by atoms with Gasteiger partial charge < -0.3 is 20.7 Å². The average molecular weight is 424 g/mol. The van der Waals surface area contributed by atoms with Gasteiger partial charge in [0.1, 0.15) is 5.54 Å². The molecule has 0 spiro atoms. The minimum absolute atomic E-state index is 0.222. The van der Waals surface area contributed by atoms with Crippen LogP contribution in [0.1, 0.15) is 23.7 Å². The Hall–Kier alpha value is -2.03. The smallest absolute Gasteiger partial charge is 0.410 e. The summed E-state index contributed by atoms with van der Waals surface area (Å²) in [5.74, 6) is -0.339. The minimum atomic E-state index is -1.21. The molecule has 28 heavy (non-hydrogen) atoms. The number of ether oxygens (including phenoxy) is 1. The molecule has 2 heterocycles. The van der Waals surface area contributed by atoms with E-state index in [-0.39, 0.29) is 18.4 Å². The van der Waals surface area contributed by atoms with Gasteiger partial charge in [0.05, 0.1) is 24.7 Å². The van der Waals surface area contributed by atoms with Crippen molar-refractivity contribution in [2.45, 2.75) is 18.9 Å². The quantitative estimate of drug-likeness (QED) is 0.704. The fraction of sp³-hybridized carbons (Fsp3) is 0.421. The van der Waals surface area contributed by atoms with Crippen molar-refractivity contribution in [2.75, 3.05) is 32.0 Å². The number of nitrogens with zero attached hydrogens (tertiary/aromatic N) is 1. The Morgan fingerprint density at radius 1 is 1.36 bits per heavy atom. The van der Waals surface area contributed by atoms with E-state index in [2.05, 4.69) is 5.32 Å². The molecule has 2 amide bonds. The normalized spacial score (nSPS) is 21.3. The summed E-state index contributed by atoms with van der Waals surface area (Å²) in [4.78, 5) is 40.3. The Morgan fingerprint density at radius 3 is 2.79 bits per heavy atom. The summed E-state index contributed by atoms with van der Waals surface area (Å²) in [6.07, 6.45) is 0.0814. The standard InChI is InChI=1S/C19H22ClN3O4S/c1-2-27-18(26)23-8-7-13-15(10-23)28-11-19(13,22-16(24)9-21)17(25)12-5-3-4-6-14(12)20/h3-6H,2,7-11,21H2,1H3,(H,22,24). The number of Topliss-reactive ketones (excluding diaryl/α,β-unsaturated/α-hetero) is 1. The summed E-state index contributed by atoms with van der Waals surface area (Å²) < 4.78 is 5.08. The molecule has 3 rings (SSSR count). The number of amides is 2. The van der Waals surface area contributed by atoms with Crippen molar-refractivity contribution in [3.05, 3.63) is 45.3 Å². The van der Waals surface area contributed by atoms with Gasteiger partial charge in [0.2, 0.25) is 5.91 Å². The monoisotopic (exact) mass is 423 g/mol. The highest BCUT2D eigenvalue weighted by Crippen LogP contribution is 2.45. The maximum absolute atomic E-state index is 13.5. The molecule has 2 aliphatic rings. The van der Waals surface area contributed by atoms with Crippen molar-refractivity contribution in [2.24, 2.45) is 5.73 Å². The number of hydrogen-bond acceptors (Lipinski definition) is 6. The van der Waals surface area contributed by atoms with Crippen molar-refractivity contribution in [3.8, 4) is 0 Å². The first-order valence-corrected chi connectivity index (χ1v) is 10.4. The van der Waals surface area contributed by atoms with Crippen molar-refractivity contribution in [3.63, 3.8) is 0 Å². The van der Waals surface area contributed by atoms with Crippen molar-refractivity contribution < 1.29 is 19.1 Å². The van der Waals surface area contributed by atoms with Crippen LogP contribution in [0.3, 0.4) is 0 Å². The summed E-state index contributed by atoms with van der Waals surface area (Å²) in [6, 6.07) is 6.78. The zero-order chi connectivity index (χ0) is 20.3. The fourth-order valence-electron chi connectivity index (χ4n) is 3.51. The largest absolute Gasteiger partial charge is 0.450 e. The number of halogens is 1.